The number of amides is 1. The van der Waals surface area contributed by atoms with E-state index in [1.807, 2.05) is 0 Å². The van der Waals surface area contributed by atoms with Crippen LogP contribution in [-0.2, 0) is 21.9 Å². The molecule has 0 aliphatic rings. The zero-order valence-corrected chi connectivity index (χ0v) is 15.6. The van der Waals surface area contributed by atoms with Crippen LogP contribution in [0.1, 0.15) is 40.9 Å². The van der Waals surface area contributed by atoms with E-state index in [2.05, 4.69) is 15.2 Å². The summed E-state index contributed by atoms with van der Waals surface area (Å²) in [4.78, 5) is 23.2. The molecule has 0 bridgehead atoms. The van der Waals surface area contributed by atoms with E-state index in [-0.39, 0.29) is 17.6 Å². The van der Waals surface area contributed by atoms with Crippen molar-refractivity contribution in [3.05, 3.63) is 47.3 Å². The summed E-state index contributed by atoms with van der Waals surface area (Å²) in [7, 11) is 1.21. The summed E-state index contributed by atoms with van der Waals surface area (Å²) < 4.78 is 84.1. The average molecular weight is 437 g/mol. The lowest BCUT2D eigenvalue weighted by Gasteiger charge is -2.14. The van der Waals surface area contributed by atoms with Gasteiger partial charge in [0.1, 0.15) is 0 Å². The number of hydrogen-bond donors (Lipinski definition) is 1. The third-order valence-corrected chi connectivity index (χ3v) is 4.02. The Balaban J connectivity index is 2.24. The molecule has 1 aromatic carbocycles. The molecule has 0 aliphatic carbocycles. The van der Waals surface area contributed by atoms with E-state index >= 15 is 0 Å². The Morgan fingerprint density at radius 1 is 1.10 bits per heavy atom. The van der Waals surface area contributed by atoms with E-state index in [0.29, 0.717) is 31.2 Å². The molecule has 0 saturated carbocycles. The van der Waals surface area contributed by atoms with Crippen LogP contribution in [0.3, 0.4) is 0 Å². The number of methoxy groups -OCH3 is 1. The third kappa shape index (κ3) is 5.74. The van der Waals surface area contributed by atoms with Crippen LogP contribution in [0.25, 0.3) is 5.69 Å². The molecular weight excluding hydrogens is 420 g/mol. The van der Waals surface area contributed by atoms with Crippen molar-refractivity contribution in [2.24, 2.45) is 0 Å². The minimum absolute atomic E-state index is 0.0120. The molecule has 0 radical (unpaired) electrons. The van der Waals surface area contributed by atoms with E-state index in [4.69, 9.17) is 0 Å². The molecular formula is C18H17F6N3O3. The number of aromatic nitrogens is 2. The number of ether oxygens (including phenoxy) is 1. The van der Waals surface area contributed by atoms with Gasteiger partial charge in [-0.15, -0.1) is 0 Å². The minimum Gasteiger partial charge on any atom is -0.469 e. The fraction of sp³-hybridized carbons (Fsp3) is 0.389. The highest BCUT2D eigenvalue weighted by atomic mass is 19.4. The molecule has 1 heterocycles. The van der Waals surface area contributed by atoms with Gasteiger partial charge in [0, 0.05) is 13.0 Å². The number of esters is 1. The smallest absolute Gasteiger partial charge is 0.434 e. The molecule has 0 spiro atoms. The molecule has 12 heteroatoms. The Bertz CT molecular complexity index is 905. The molecule has 1 aromatic heterocycles. The Morgan fingerprint density at radius 2 is 1.80 bits per heavy atom. The maximum Gasteiger partial charge on any atom is 0.434 e. The molecule has 1 N–H and O–H groups in total. The van der Waals surface area contributed by atoms with Gasteiger partial charge in [-0.1, -0.05) is 6.07 Å². The fourth-order valence-corrected chi connectivity index (χ4v) is 2.59. The van der Waals surface area contributed by atoms with Gasteiger partial charge >= 0.3 is 18.3 Å². The number of carbonyl (C=O) groups excluding carboxylic acids is 2. The van der Waals surface area contributed by atoms with Gasteiger partial charge < -0.3 is 10.1 Å². The lowest BCUT2D eigenvalue weighted by Crippen LogP contribution is -2.27. The first-order chi connectivity index (χ1) is 13.9. The highest BCUT2D eigenvalue weighted by molar-refractivity contribution is 5.95. The number of carbonyl (C=O) groups is 2. The van der Waals surface area contributed by atoms with Crippen LogP contribution in [-0.4, -0.2) is 35.3 Å². The van der Waals surface area contributed by atoms with Crippen LogP contribution in [0.5, 0.6) is 0 Å². The van der Waals surface area contributed by atoms with Gasteiger partial charge in [-0.2, -0.15) is 31.4 Å². The topological polar surface area (TPSA) is 73.2 Å². The summed E-state index contributed by atoms with van der Waals surface area (Å²) >= 11 is 0. The summed E-state index contributed by atoms with van der Waals surface area (Å²) in [6, 6.07) is 3.19. The zero-order valence-electron chi connectivity index (χ0n) is 15.6. The first-order valence-corrected chi connectivity index (χ1v) is 8.63. The van der Waals surface area contributed by atoms with E-state index in [0.717, 1.165) is 12.1 Å². The van der Waals surface area contributed by atoms with Gasteiger partial charge in [-0.25, -0.2) is 4.68 Å². The van der Waals surface area contributed by atoms with Gasteiger partial charge in [0.25, 0.3) is 5.91 Å². The van der Waals surface area contributed by atoms with Crippen molar-refractivity contribution >= 4 is 11.9 Å². The standard InChI is InChI=1S/C18H17F6N3O3/c1-30-14(28)7-2-3-8-25-16(29)13-10-26-27(15(13)18(22,23)24)12-6-4-5-11(9-12)17(19,20)21/h4-6,9-10H,2-3,7-8H2,1H3,(H,25,29). The van der Waals surface area contributed by atoms with E-state index < -0.39 is 46.7 Å². The van der Waals surface area contributed by atoms with Gasteiger partial charge in [0.2, 0.25) is 0 Å². The largest absolute Gasteiger partial charge is 0.469 e. The number of nitrogens with one attached hydrogen (secondary N) is 1. The number of unbranched alkanes of at least 4 members (excludes halogenated alkanes) is 1. The molecule has 0 atom stereocenters. The lowest BCUT2D eigenvalue weighted by molar-refractivity contribution is -0.143. The zero-order chi connectivity index (χ0) is 22.5. The van der Waals surface area contributed by atoms with Crippen LogP contribution >= 0.6 is 0 Å². The van der Waals surface area contributed by atoms with Gasteiger partial charge in [-0.05, 0) is 31.0 Å². The number of rotatable bonds is 7. The minimum atomic E-state index is -5.05. The van der Waals surface area contributed by atoms with Crippen molar-refractivity contribution in [1.82, 2.24) is 15.1 Å². The predicted octanol–water partition coefficient (Wildman–Crippen LogP) is 3.98. The van der Waals surface area contributed by atoms with Crippen molar-refractivity contribution in [3.8, 4) is 5.69 Å². The molecule has 2 rings (SSSR count). The number of alkyl halides is 6. The van der Waals surface area contributed by atoms with Crippen LogP contribution in [0.4, 0.5) is 26.3 Å². The highest BCUT2D eigenvalue weighted by Crippen LogP contribution is 2.35. The summed E-state index contributed by atoms with van der Waals surface area (Å²) in [5, 5.41) is 5.76. The molecule has 30 heavy (non-hydrogen) atoms. The third-order valence-electron chi connectivity index (χ3n) is 4.02. The van der Waals surface area contributed by atoms with Crippen LogP contribution in [0, 0.1) is 0 Å². The Hall–Kier alpha value is -3.05. The van der Waals surface area contributed by atoms with E-state index in [1.54, 1.807) is 0 Å². The van der Waals surface area contributed by atoms with Crippen LogP contribution in [0.2, 0.25) is 0 Å². The molecule has 2 aromatic rings. The van der Waals surface area contributed by atoms with Crippen molar-refractivity contribution < 1.29 is 40.7 Å². The number of halogens is 6. The SMILES string of the molecule is COC(=O)CCCCNC(=O)c1cnn(-c2cccc(C(F)(F)F)c2)c1C(F)(F)F. The van der Waals surface area contributed by atoms with Gasteiger partial charge in [0.15, 0.2) is 5.69 Å². The van der Waals surface area contributed by atoms with E-state index in [9.17, 15) is 35.9 Å². The predicted molar refractivity (Wildman–Crippen MR) is 91.8 cm³/mol. The van der Waals surface area contributed by atoms with Gasteiger partial charge in [0.05, 0.1) is 30.1 Å². The van der Waals surface area contributed by atoms with Crippen molar-refractivity contribution in [2.45, 2.75) is 31.6 Å². The second-order valence-corrected chi connectivity index (χ2v) is 6.15. The summed E-state index contributed by atoms with van der Waals surface area (Å²) in [5.74, 6) is -1.54. The molecule has 0 aliphatic heterocycles. The summed E-state index contributed by atoms with van der Waals surface area (Å²) in [6.07, 6.45) is -8.42. The maximum atomic E-state index is 13.6. The molecule has 1 amide bonds. The molecule has 0 fully saturated rings. The van der Waals surface area contributed by atoms with Gasteiger partial charge in [-0.3, -0.25) is 9.59 Å². The molecule has 0 unspecified atom stereocenters. The second-order valence-electron chi connectivity index (χ2n) is 6.15. The molecule has 0 saturated heterocycles. The lowest BCUT2D eigenvalue weighted by atomic mass is 10.1. The quantitative estimate of drug-likeness (QED) is 0.404. The Labute approximate surface area is 166 Å². The second kappa shape index (κ2) is 9.18. The van der Waals surface area contributed by atoms with Crippen molar-refractivity contribution in [3.63, 3.8) is 0 Å². The van der Waals surface area contributed by atoms with Crippen molar-refractivity contribution in [2.75, 3.05) is 13.7 Å². The maximum absolute atomic E-state index is 13.6. The first kappa shape index (κ1) is 23.2. The number of hydrogen-bond acceptors (Lipinski definition) is 4. The fourth-order valence-electron chi connectivity index (χ4n) is 2.59. The monoisotopic (exact) mass is 437 g/mol. The summed E-state index contributed by atoms with van der Waals surface area (Å²) in [6.45, 7) is -0.0120. The average Bonchev–Trinajstić information content (AvgIpc) is 3.12. The number of benzene rings is 1. The van der Waals surface area contributed by atoms with E-state index in [1.165, 1.54) is 7.11 Å². The highest BCUT2D eigenvalue weighted by Gasteiger charge is 2.41. The van der Waals surface area contributed by atoms with Crippen molar-refractivity contribution in [1.29, 1.82) is 0 Å². The summed E-state index contributed by atoms with van der Waals surface area (Å²) in [5.41, 5.74) is -3.96. The normalized spacial score (nSPS) is 12.0. The molecule has 6 nitrogen and oxygen atoms in total. The molecule has 164 valence electrons. The first-order valence-electron chi connectivity index (χ1n) is 8.63. The van der Waals surface area contributed by atoms with Crippen LogP contribution in [0.15, 0.2) is 30.5 Å². The Morgan fingerprint density at radius 3 is 2.40 bits per heavy atom. The number of nitrogens with zero attached hydrogens (tertiary/aromatic N) is 2. The van der Waals surface area contributed by atoms with Crippen LogP contribution < -0.4 is 5.32 Å². The Kier molecular flexibility index (Phi) is 7.11.